The summed E-state index contributed by atoms with van der Waals surface area (Å²) in [5.41, 5.74) is -1.30. The Kier molecular flexibility index (Phi) is 13.3. The first-order chi connectivity index (χ1) is 16.3. The van der Waals surface area contributed by atoms with E-state index in [1.165, 1.54) is 6.42 Å². The van der Waals surface area contributed by atoms with Crippen molar-refractivity contribution in [1.82, 2.24) is 0 Å². The standard InChI is InChI=1S/2C14H28O4/c1-13(2,3)17-15-11-9-7-8-10-12(11)16-18-14(4,5)6;1-12(2,3)15-17-14(10-8-7-9-11-14)18-16-13(4,5)6/h11-12H,7-10H2,1-6H3;7-11H2,1-6H3. The zero-order chi connectivity index (χ0) is 27.7. The van der Waals surface area contributed by atoms with Gasteiger partial charge in [0.05, 0.1) is 22.4 Å². The number of hydrogen-bond donors (Lipinski definition) is 0. The first kappa shape index (κ1) is 33.7. The summed E-state index contributed by atoms with van der Waals surface area (Å²) in [5, 5.41) is 0. The molecule has 0 saturated heterocycles. The Hall–Kier alpha value is -0.320. The Bertz CT molecular complexity index is 543. The van der Waals surface area contributed by atoms with Crippen LogP contribution in [-0.2, 0) is 39.1 Å². The molecule has 0 spiro atoms. The van der Waals surface area contributed by atoms with Gasteiger partial charge >= 0.3 is 0 Å². The minimum atomic E-state index is -0.751. The van der Waals surface area contributed by atoms with Gasteiger partial charge < -0.3 is 0 Å². The molecule has 0 heterocycles. The van der Waals surface area contributed by atoms with E-state index in [0.29, 0.717) is 0 Å². The van der Waals surface area contributed by atoms with Crippen molar-refractivity contribution in [1.29, 1.82) is 0 Å². The molecule has 0 aromatic carbocycles. The van der Waals surface area contributed by atoms with Crippen LogP contribution in [0.2, 0.25) is 0 Å². The van der Waals surface area contributed by atoms with Gasteiger partial charge in [-0.25, -0.2) is 29.3 Å². The maximum Gasteiger partial charge on any atom is 0.234 e. The van der Waals surface area contributed by atoms with Gasteiger partial charge in [0.1, 0.15) is 12.2 Å². The molecule has 36 heavy (non-hydrogen) atoms. The van der Waals surface area contributed by atoms with Gasteiger partial charge in [-0.15, -0.1) is 0 Å². The van der Waals surface area contributed by atoms with Crippen LogP contribution in [0.15, 0.2) is 0 Å². The highest BCUT2D eigenvalue weighted by molar-refractivity contribution is 4.76. The zero-order valence-electron chi connectivity index (χ0n) is 25.3. The van der Waals surface area contributed by atoms with E-state index in [1.807, 2.05) is 83.1 Å². The fourth-order valence-corrected chi connectivity index (χ4v) is 3.37. The molecule has 8 nitrogen and oxygen atoms in total. The molecule has 2 fully saturated rings. The smallest absolute Gasteiger partial charge is 0.231 e. The molecule has 0 aromatic heterocycles. The Balaban J connectivity index is 0.000000360. The fraction of sp³-hybridized carbons (Fsp3) is 1.00. The van der Waals surface area contributed by atoms with E-state index in [1.54, 1.807) is 0 Å². The van der Waals surface area contributed by atoms with Crippen LogP contribution in [0, 0.1) is 0 Å². The fourth-order valence-electron chi connectivity index (χ4n) is 3.37. The molecule has 0 aliphatic heterocycles. The minimum Gasteiger partial charge on any atom is -0.231 e. The second-order valence-electron chi connectivity index (χ2n) is 14.0. The highest BCUT2D eigenvalue weighted by atomic mass is 17.3. The number of rotatable bonds is 8. The van der Waals surface area contributed by atoms with Gasteiger partial charge in [0.25, 0.3) is 0 Å². The highest BCUT2D eigenvalue weighted by Crippen LogP contribution is 2.35. The van der Waals surface area contributed by atoms with Crippen molar-refractivity contribution in [2.45, 2.75) is 181 Å². The predicted octanol–water partition coefficient (Wildman–Crippen LogP) is 7.93. The summed E-state index contributed by atoms with van der Waals surface area (Å²) in [5.74, 6) is -0.751. The summed E-state index contributed by atoms with van der Waals surface area (Å²) in [7, 11) is 0. The minimum absolute atomic E-state index is 0.0414. The van der Waals surface area contributed by atoms with Crippen LogP contribution in [0.5, 0.6) is 0 Å². The van der Waals surface area contributed by atoms with E-state index in [9.17, 15) is 0 Å². The average molecular weight is 521 g/mol. The van der Waals surface area contributed by atoms with E-state index in [2.05, 4.69) is 0 Å². The lowest BCUT2D eigenvalue weighted by Crippen LogP contribution is -2.42. The Morgan fingerprint density at radius 3 is 1.08 bits per heavy atom. The van der Waals surface area contributed by atoms with Crippen LogP contribution >= 0.6 is 0 Å². The van der Waals surface area contributed by atoms with Crippen molar-refractivity contribution < 1.29 is 39.1 Å². The molecule has 2 rings (SSSR count). The molecule has 2 aliphatic rings. The maximum absolute atomic E-state index is 5.58. The summed E-state index contributed by atoms with van der Waals surface area (Å²) in [6.07, 6.45) is 9.07. The molecule has 8 heteroatoms. The van der Waals surface area contributed by atoms with Gasteiger partial charge in [0, 0.05) is 12.8 Å². The highest BCUT2D eigenvalue weighted by Gasteiger charge is 2.40. The molecular weight excluding hydrogens is 464 g/mol. The third kappa shape index (κ3) is 16.5. The second-order valence-corrected chi connectivity index (χ2v) is 14.0. The van der Waals surface area contributed by atoms with Crippen LogP contribution < -0.4 is 0 Å². The largest absolute Gasteiger partial charge is 0.234 e. The summed E-state index contributed by atoms with van der Waals surface area (Å²) < 4.78 is 0. The Morgan fingerprint density at radius 2 is 0.778 bits per heavy atom. The average Bonchev–Trinajstić information content (AvgIpc) is 2.73. The zero-order valence-corrected chi connectivity index (χ0v) is 25.3. The molecule has 0 aromatic rings. The number of hydrogen-bond acceptors (Lipinski definition) is 8. The van der Waals surface area contributed by atoms with Crippen molar-refractivity contribution in [3.05, 3.63) is 0 Å². The third-order valence-corrected chi connectivity index (χ3v) is 4.99. The van der Waals surface area contributed by atoms with E-state index >= 15 is 0 Å². The normalized spacial score (nSPS) is 23.7. The molecule has 2 saturated carbocycles. The van der Waals surface area contributed by atoms with E-state index in [0.717, 1.165) is 51.4 Å². The second kappa shape index (κ2) is 14.2. The van der Waals surface area contributed by atoms with E-state index < -0.39 is 5.79 Å². The maximum atomic E-state index is 5.58. The first-order valence-electron chi connectivity index (χ1n) is 13.7. The lowest BCUT2D eigenvalue weighted by atomic mass is 9.94. The van der Waals surface area contributed by atoms with Gasteiger partial charge in [-0.05, 0) is 109 Å². The van der Waals surface area contributed by atoms with Crippen LogP contribution in [0.1, 0.15) is 141 Å². The lowest BCUT2D eigenvalue weighted by molar-refractivity contribution is -0.545. The molecule has 0 N–H and O–H groups in total. The van der Waals surface area contributed by atoms with Gasteiger partial charge in [-0.2, -0.15) is 9.78 Å². The predicted molar refractivity (Wildman–Crippen MR) is 140 cm³/mol. The summed E-state index contributed by atoms with van der Waals surface area (Å²) >= 11 is 0. The van der Waals surface area contributed by atoms with Crippen LogP contribution in [0.3, 0.4) is 0 Å². The molecule has 2 aliphatic carbocycles. The summed E-state index contributed by atoms with van der Waals surface area (Å²) in [6.45, 7) is 23.5. The first-order valence-corrected chi connectivity index (χ1v) is 13.7. The third-order valence-electron chi connectivity index (χ3n) is 4.99. The molecular formula is C28H56O8. The molecule has 2 unspecified atom stereocenters. The molecule has 0 bridgehead atoms. The van der Waals surface area contributed by atoms with E-state index in [4.69, 9.17) is 39.1 Å². The lowest BCUT2D eigenvalue weighted by Gasteiger charge is -2.37. The molecule has 0 amide bonds. The van der Waals surface area contributed by atoms with Crippen LogP contribution in [0.4, 0.5) is 0 Å². The van der Waals surface area contributed by atoms with Crippen molar-refractivity contribution >= 4 is 0 Å². The topological polar surface area (TPSA) is 73.8 Å². The summed E-state index contributed by atoms with van der Waals surface area (Å²) in [4.78, 5) is 43.9. The molecule has 0 radical (unpaired) electrons. The van der Waals surface area contributed by atoms with Gasteiger partial charge in [-0.1, -0.05) is 19.3 Å². The summed E-state index contributed by atoms with van der Waals surface area (Å²) in [6, 6.07) is 0. The monoisotopic (exact) mass is 520 g/mol. The van der Waals surface area contributed by atoms with Crippen molar-refractivity contribution in [2.75, 3.05) is 0 Å². The van der Waals surface area contributed by atoms with Crippen molar-refractivity contribution in [3.63, 3.8) is 0 Å². The van der Waals surface area contributed by atoms with Crippen LogP contribution in [-0.4, -0.2) is 40.4 Å². The molecule has 2 atom stereocenters. The Morgan fingerprint density at radius 1 is 0.444 bits per heavy atom. The molecule has 216 valence electrons. The SMILES string of the molecule is CC(C)(C)OOC1(OOC(C)(C)C)CCCCC1.CC(C)(C)OOC1CCCCC1OOC(C)(C)C. The quantitative estimate of drug-likeness (QED) is 0.181. The van der Waals surface area contributed by atoms with E-state index in [-0.39, 0.29) is 34.6 Å². The van der Waals surface area contributed by atoms with Gasteiger partial charge in [0.15, 0.2) is 0 Å². The van der Waals surface area contributed by atoms with Gasteiger partial charge in [-0.3, -0.25) is 0 Å². The van der Waals surface area contributed by atoms with Gasteiger partial charge in [0.2, 0.25) is 5.79 Å². The Labute approximate surface area is 220 Å². The van der Waals surface area contributed by atoms with Crippen molar-refractivity contribution in [3.8, 4) is 0 Å². The van der Waals surface area contributed by atoms with Crippen LogP contribution in [0.25, 0.3) is 0 Å². The van der Waals surface area contributed by atoms with Crippen molar-refractivity contribution in [2.24, 2.45) is 0 Å².